The molecule has 17 heavy (non-hydrogen) atoms. The van der Waals surface area contributed by atoms with Crippen LogP contribution in [0, 0.1) is 5.82 Å². The molecule has 0 saturated carbocycles. The molecule has 0 bridgehead atoms. The third-order valence-electron chi connectivity index (χ3n) is 3.80. The van der Waals surface area contributed by atoms with Crippen LogP contribution in [0.15, 0.2) is 24.3 Å². The van der Waals surface area contributed by atoms with E-state index in [1.54, 1.807) is 21.9 Å². The first-order valence-electron chi connectivity index (χ1n) is 6.41. The van der Waals surface area contributed by atoms with Crippen LogP contribution in [0.3, 0.4) is 0 Å². The number of likely N-dealkylation sites (N-methyl/N-ethyl adjacent to an activating group) is 1. The Labute approximate surface area is 102 Å². The van der Waals surface area contributed by atoms with E-state index in [4.69, 9.17) is 0 Å². The lowest BCUT2D eigenvalue weighted by Gasteiger charge is -2.32. The summed E-state index contributed by atoms with van der Waals surface area (Å²) in [4.78, 5) is 3.20. The Kier molecular flexibility index (Phi) is 4.10. The van der Waals surface area contributed by atoms with Gasteiger partial charge in [-0.1, -0.05) is 0 Å². The predicted octanol–water partition coefficient (Wildman–Crippen LogP) is -2.48. The van der Waals surface area contributed by atoms with Crippen LogP contribution in [0.2, 0.25) is 0 Å². The molecule has 1 heterocycles. The van der Waals surface area contributed by atoms with Crippen LogP contribution in [0.25, 0.3) is 0 Å². The summed E-state index contributed by atoms with van der Waals surface area (Å²) >= 11 is 0. The molecule has 0 amide bonds. The predicted molar refractivity (Wildman–Crippen MR) is 64.2 cm³/mol. The molecule has 0 spiro atoms. The summed E-state index contributed by atoms with van der Waals surface area (Å²) in [7, 11) is 2.24. The summed E-state index contributed by atoms with van der Waals surface area (Å²) in [5, 5.41) is 0. The second-order valence-electron chi connectivity index (χ2n) is 5.01. The number of nitrogens with one attached hydrogen (secondary N) is 2. The average Bonchev–Trinajstić information content (AvgIpc) is 2.35. The molecule has 1 fully saturated rings. The lowest BCUT2D eigenvalue weighted by molar-refractivity contribution is -1.02. The summed E-state index contributed by atoms with van der Waals surface area (Å²) in [6.45, 7) is 5.67. The zero-order valence-electron chi connectivity index (χ0n) is 10.5. The summed E-state index contributed by atoms with van der Waals surface area (Å²) in [5.74, 6) is -0.158. The normalized spacial score (nSPS) is 26.8. The fraction of sp³-hybridized carbons (Fsp3) is 0.538. The van der Waals surface area contributed by atoms with Gasteiger partial charge in [0.05, 0.1) is 7.05 Å². The van der Waals surface area contributed by atoms with Gasteiger partial charge >= 0.3 is 0 Å². The Balaban J connectivity index is 2.08. The number of hydrogen-bond donors (Lipinski definition) is 3. The van der Waals surface area contributed by atoms with Crippen molar-refractivity contribution >= 4 is 0 Å². The Morgan fingerprint density at radius 1 is 1.18 bits per heavy atom. The molecule has 4 heteroatoms. The van der Waals surface area contributed by atoms with Gasteiger partial charge in [-0.3, -0.25) is 0 Å². The van der Waals surface area contributed by atoms with Gasteiger partial charge in [-0.25, -0.2) is 4.39 Å². The van der Waals surface area contributed by atoms with Gasteiger partial charge < -0.3 is 15.5 Å². The van der Waals surface area contributed by atoms with Gasteiger partial charge in [0, 0.05) is 5.56 Å². The van der Waals surface area contributed by atoms with Gasteiger partial charge in [0.2, 0.25) is 0 Å². The molecular formula is C13H23FN3+3. The van der Waals surface area contributed by atoms with E-state index in [1.807, 2.05) is 12.1 Å². The lowest BCUT2D eigenvalue weighted by atomic mass is 10.0. The molecule has 1 aliphatic rings. The molecular weight excluding hydrogens is 217 g/mol. The molecule has 0 aromatic heterocycles. The van der Waals surface area contributed by atoms with Gasteiger partial charge in [-0.05, 0) is 24.3 Å². The quantitative estimate of drug-likeness (QED) is 0.523. The van der Waals surface area contributed by atoms with Crippen LogP contribution in [0.4, 0.5) is 4.39 Å². The van der Waals surface area contributed by atoms with Crippen molar-refractivity contribution < 1.29 is 19.9 Å². The summed E-state index contributed by atoms with van der Waals surface area (Å²) in [6, 6.07) is 7.34. The molecule has 1 atom stereocenters. The molecule has 0 unspecified atom stereocenters. The minimum absolute atomic E-state index is 0.158. The summed E-state index contributed by atoms with van der Waals surface area (Å²) in [5.41, 5.74) is 5.28. The van der Waals surface area contributed by atoms with Crippen LogP contribution in [0.5, 0.6) is 0 Å². The Hall–Kier alpha value is -0.970. The SMILES string of the molecule is C[NH+]1CC[NH+]([C@H](C[NH3+])c2ccc(F)cc2)CC1. The maximum Gasteiger partial charge on any atom is 0.163 e. The molecule has 0 aliphatic carbocycles. The average molecular weight is 240 g/mol. The minimum Gasteiger partial charge on any atom is -0.352 e. The Morgan fingerprint density at radius 3 is 2.29 bits per heavy atom. The monoisotopic (exact) mass is 240 g/mol. The fourth-order valence-corrected chi connectivity index (χ4v) is 2.65. The molecule has 3 nitrogen and oxygen atoms in total. The fourth-order valence-electron chi connectivity index (χ4n) is 2.65. The van der Waals surface area contributed by atoms with Gasteiger partial charge in [0.25, 0.3) is 0 Å². The summed E-state index contributed by atoms with van der Waals surface area (Å²) < 4.78 is 12.9. The largest absolute Gasteiger partial charge is 0.352 e. The number of halogens is 1. The highest BCUT2D eigenvalue weighted by Crippen LogP contribution is 2.09. The maximum absolute atomic E-state index is 12.9. The lowest BCUT2D eigenvalue weighted by Crippen LogP contribution is -3.27. The van der Waals surface area contributed by atoms with E-state index in [2.05, 4.69) is 12.8 Å². The Morgan fingerprint density at radius 2 is 1.76 bits per heavy atom. The minimum atomic E-state index is -0.158. The van der Waals surface area contributed by atoms with E-state index >= 15 is 0 Å². The van der Waals surface area contributed by atoms with Crippen molar-refractivity contribution in [1.82, 2.24) is 0 Å². The number of rotatable bonds is 3. The highest BCUT2D eigenvalue weighted by molar-refractivity contribution is 5.18. The van der Waals surface area contributed by atoms with Gasteiger partial charge in [0.1, 0.15) is 38.5 Å². The molecule has 1 aliphatic heterocycles. The first-order valence-corrected chi connectivity index (χ1v) is 6.41. The van der Waals surface area contributed by atoms with Crippen molar-refractivity contribution in [2.75, 3.05) is 39.8 Å². The topological polar surface area (TPSA) is 36.5 Å². The molecule has 0 radical (unpaired) electrons. The third kappa shape index (κ3) is 3.03. The van der Waals surface area contributed by atoms with Crippen molar-refractivity contribution in [3.05, 3.63) is 35.6 Å². The zero-order valence-corrected chi connectivity index (χ0v) is 10.5. The number of quaternary nitrogens is 3. The van der Waals surface area contributed by atoms with Crippen molar-refractivity contribution in [3.63, 3.8) is 0 Å². The van der Waals surface area contributed by atoms with Crippen LogP contribution in [0.1, 0.15) is 11.6 Å². The van der Waals surface area contributed by atoms with E-state index in [-0.39, 0.29) is 5.82 Å². The van der Waals surface area contributed by atoms with Crippen LogP contribution < -0.4 is 15.5 Å². The van der Waals surface area contributed by atoms with Gasteiger partial charge in [-0.15, -0.1) is 0 Å². The van der Waals surface area contributed by atoms with Crippen molar-refractivity contribution in [2.45, 2.75) is 6.04 Å². The third-order valence-corrected chi connectivity index (χ3v) is 3.80. The Bertz CT molecular complexity index is 344. The van der Waals surface area contributed by atoms with Crippen LogP contribution in [-0.2, 0) is 0 Å². The molecule has 5 N–H and O–H groups in total. The molecule has 1 aromatic carbocycles. The highest BCUT2D eigenvalue weighted by atomic mass is 19.1. The molecule has 94 valence electrons. The number of hydrogen-bond acceptors (Lipinski definition) is 0. The van der Waals surface area contributed by atoms with E-state index < -0.39 is 0 Å². The second kappa shape index (κ2) is 5.58. The van der Waals surface area contributed by atoms with E-state index in [0.29, 0.717) is 6.04 Å². The van der Waals surface area contributed by atoms with E-state index in [9.17, 15) is 4.39 Å². The second-order valence-corrected chi connectivity index (χ2v) is 5.01. The molecule has 1 saturated heterocycles. The molecule has 2 rings (SSSR count). The first-order chi connectivity index (χ1) is 8.20. The highest BCUT2D eigenvalue weighted by Gasteiger charge is 2.29. The number of piperazine rings is 1. The number of benzene rings is 1. The van der Waals surface area contributed by atoms with E-state index in [1.165, 1.54) is 31.7 Å². The van der Waals surface area contributed by atoms with Gasteiger partial charge in [-0.2, -0.15) is 0 Å². The van der Waals surface area contributed by atoms with Crippen molar-refractivity contribution in [3.8, 4) is 0 Å². The van der Waals surface area contributed by atoms with Gasteiger partial charge in [0.15, 0.2) is 6.04 Å². The van der Waals surface area contributed by atoms with E-state index in [0.717, 1.165) is 6.54 Å². The maximum atomic E-state index is 12.9. The van der Waals surface area contributed by atoms with Crippen LogP contribution in [-0.4, -0.2) is 39.8 Å². The standard InChI is InChI=1S/C13H20FN3/c1-16-6-8-17(9-7-16)13(10-15)11-2-4-12(14)5-3-11/h2-5,13H,6-10,15H2,1H3/p+3/t13-/m1/s1. The smallest absolute Gasteiger partial charge is 0.163 e. The van der Waals surface area contributed by atoms with Crippen LogP contribution >= 0.6 is 0 Å². The zero-order chi connectivity index (χ0) is 12.3. The first kappa shape index (κ1) is 12.5. The summed E-state index contributed by atoms with van der Waals surface area (Å²) in [6.07, 6.45) is 0. The van der Waals surface area contributed by atoms with Crippen molar-refractivity contribution in [2.24, 2.45) is 0 Å². The van der Waals surface area contributed by atoms with Crippen molar-refractivity contribution in [1.29, 1.82) is 0 Å². The molecule has 1 aromatic rings.